The lowest BCUT2D eigenvalue weighted by molar-refractivity contribution is 0.0691. The highest BCUT2D eigenvalue weighted by atomic mass is 32.1. The molecule has 0 spiro atoms. The molecule has 1 heterocycles. The fourth-order valence-electron chi connectivity index (χ4n) is 1.30. The van der Waals surface area contributed by atoms with Crippen LogP contribution in [0.1, 0.15) is 30.8 Å². The molecule has 5 heteroatoms. The molecular formula is C9H12N2O2S. The van der Waals surface area contributed by atoms with E-state index < -0.39 is 5.97 Å². The summed E-state index contributed by atoms with van der Waals surface area (Å²) in [5, 5.41) is 14.2. The molecule has 4 nitrogen and oxygen atoms in total. The average molecular weight is 212 g/mol. The molecule has 2 rings (SSSR count). The van der Waals surface area contributed by atoms with Gasteiger partial charge in [0.15, 0.2) is 10.8 Å². The number of rotatable bonds is 3. The second-order valence-electron chi connectivity index (χ2n) is 4.23. The number of carbonyl (C=O) groups is 1. The maximum absolute atomic E-state index is 10.6. The highest BCUT2D eigenvalue weighted by molar-refractivity contribution is 7.13. The Morgan fingerprint density at radius 3 is 2.86 bits per heavy atom. The van der Waals surface area contributed by atoms with E-state index in [2.05, 4.69) is 24.1 Å². The Morgan fingerprint density at radius 1 is 1.79 bits per heavy atom. The van der Waals surface area contributed by atoms with Gasteiger partial charge < -0.3 is 10.4 Å². The minimum absolute atomic E-state index is 0.121. The topological polar surface area (TPSA) is 62.2 Å². The maximum atomic E-state index is 10.6. The molecule has 0 bridgehead atoms. The number of nitrogens with zero attached hydrogens (tertiary/aromatic N) is 1. The molecule has 0 amide bonds. The van der Waals surface area contributed by atoms with E-state index in [0.717, 1.165) is 6.42 Å². The van der Waals surface area contributed by atoms with Crippen molar-refractivity contribution in [2.24, 2.45) is 5.41 Å². The molecule has 0 saturated heterocycles. The van der Waals surface area contributed by atoms with Gasteiger partial charge in [0.2, 0.25) is 0 Å². The molecule has 14 heavy (non-hydrogen) atoms. The number of carboxylic acids is 1. The van der Waals surface area contributed by atoms with Gasteiger partial charge in [-0.2, -0.15) is 0 Å². The summed E-state index contributed by atoms with van der Waals surface area (Å²) in [4.78, 5) is 14.5. The van der Waals surface area contributed by atoms with Crippen LogP contribution >= 0.6 is 11.3 Å². The van der Waals surface area contributed by atoms with E-state index in [9.17, 15) is 4.79 Å². The second-order valence-corrected chi connectivity index (χ2v) is 5.09. The van der Waals surface area contributed by atoms with Gasteiger partial charge in [-0.05, 0) is 11.8 Å². The number of thiazole rings is 1. The zero-order chi connectivity index (χ0) is 10.3. The van der Waals surface area contributed by atoms with Crippen molar-refractivity contribution < 1.29 is 9.90 Å². The van der Waals surface area contributed by atoms with Crippen molar-refractivity contribution in [3.8, 4) is 0 Å². The van der Waals surface area contributed by atoms with Gasteiger partial charge in [0.25, 0.3) is 0 Å². The van der Waals surface area contributed by atoms with Crippen LogP contribution in [0.5, 0.6) is 0 Å². The SMILES string of the molecule is CC1(C)CC1Nc1nc(C(=O)O)cs1. The molecule has 2 N–H and O–H groups in total. The minimum Gasteiger partial charge on any atom is -0.476 e. The first-order valence-corrected chi connectivity index (χ1v) is 5.32. The number of anilines is 1. The van der Waals surface area contributed by atoms with Crippen LogP contribution in [0.25, 0.3) is 0 Å². The summed E-state index contributed by atoms with van der Waals surface area (Å²) in [7, 11) is 0. The number of carboxylic acid groups (broad SMARTS) is 1. The zero-order valence-electron chi connectivity index (χ0n) is 8.07. The fourth-order valence-corrected chi connectivity index (χ4v) is 2.04. The summed E-state index contributed by atoms with van der Waals surface area (Å²) < 4.78 is 0. The van der Waals surface area contributed by atoms with Crippen molar-refractivity contribution >= 4 is 22.4 Å². The van der Waals surface area contributed by atoms with E-state index in [1.165, 1.54) is 11.3 Å². The van der Waals surface area contributed by atoms with Crippen LogP contribution in [0, 0.1) is 5.41 Å². The molecule has 0 radical (unpaired) electrons. The molecule has 1 aliphatic carbocycles. The molecule has 0 aliphatic heterocycles. The first kappa shape index (κ1) is 9.45. The predicted octanol–water partition coefficient (Wildman–Crippen LogP) is 2.05. The third-order valence-electron chi connectivity index (χ3n) is 2.53. The summed E-state index contributed by atoms with van der Waals surface area (Å²) in [6, 6.07) is 0.440. The highest BCUT2D eigenvalue weighted by Crippen LogP contribution is 2.46. The highest BCUT2D eigenvalue weighted by Gasteiger charge is 2.46. The van der Waals surface area contributed by atoms with E-state index in [4.69, 9.17) is 5.11 Å². The minimum atomic E-state index is -0.968. The van der Waals surface area contributed by atoms with Gasteiger partial charge in [-0.15, -0.1) is 11.3 Å². The Hall–Kier alpha value is -1.10. The molecule has 1 aliphatic rings. The lowest BCUT2D eigenvalue weighted by Gasteiger charge is -2.03. The summed E-state index contributed by atoms with van der Waals surface area (Å²) in [5.74, 6) is -0.968. The van der Waals surface area contributed by atoms with E-state index in [-0.39, 0.29) is 5.69 Å². The first-order chi connectivity index (χ1) is 6.49. The average Bonchev–Trinajstić information content (AvgIpc) is 2.51. The Balaban J connectivity index is 2.01. The third kappa shape index (κ3) is 1.72. The summed E-state index contributed by atoms with van der Waals surface area (Å²) in [5.41, 5.74) is 0.450. The van der Waals surface area contributed by atoms with Crippen molar-refractivity contribution in [2.45, 2.75) is 26.3 Å². The van der Waals surface area contributed by atoms with Crippen molar-refractivity contribution in [1.29, 1.82) is 0 Å². The van der Waals surface area contributed by atoms with Crippen LogP contribution in [0.15, 0.2) is 5.38 Å². The molecule has 1 fully saturated rings. The van der Waals surface area contributed by atoms with Crippen LogP contribution in [-0.4, -0.2) is 22.1 Å². The van der Waals surface area contributed by atoms with E-state index in [0.29, 0.717) is 16.6 Å². The number of hydrogen-bond acceptors (Lipinski definition) is 4. The summed E-state index contributed by atoms with van der Waals surface area (Å²) >= 11 is 1.34. The second kappa shape index (κ2) is 2.95. The van der Waals surface area contributed by atoms with Crippen molar-refractivity contribution in [3.63, 3.8) is 0 Å². The predicted molar refractivity (Wildman–Crippen MR) is 54.9 cm³/mol. The summed E-state index contributed by atoms with van der Waals surface area (Å²) in [6.07, 6.45) is 1.12. The molecule has 1 saturated carbocycles. The normalized spacial score (nSPS) is 23.1. The van der Waals surface area contributed by atoms with Gasteiger partial charge in [0.05, 0.1) is 0 Å². The van der Waals surface area contributed by atoms with Crippen LogP contribution in [-0.2, 0) is 0 Å². The maximum Gasteiger partial charge on any atom is 0.355 e. The molecule has 76 valence electrons. The number of aromatic carboxylic acids is 1. The third-order valence-corrected chi connectivity index (χ3v) is 3.31. The van der Waals surface area contributed by atoms with Crippen molar-refractivity contribution in [3.05, 3.63) is 11.1 Å². The Bertz CT molecular complexity index is 373. The van der Waals surface area contributed by atoms with Gasteiger partial charge in [-0.25, -0.2) is 9.78 Å². The smallest absolute Gasteiger partial charge is 0.355 e. The fraction of sp³-hybridized carbons (Fsp3) is 0.556. The van der Waals surface area contributed by atoms with Gasteiger partial charge in [0.1, 0.15) is 0 Å². The lowest BCUT2D eigenvalue weighted by Crippen LogP contribution is -2.08. The van der Waals surface area contributed by atoms with Crippen LogP contribution < -0.4 is 5.32 Å². The lowest BCUT2D eigenvalue weighted by atomic mass is 10.2. The molecule has 1 aromatic heterocycles. The number of aromatic nitrogens is 1. The van der Waals surface area contributed by atoms with Gasteiger partial charge in [0, 0.05) is 11.4 Å². The van der Waals surface area contributed by atoms with E-state index in [1.54, 1.807) is 5.38 Å². The number of nitrogens with one attached hydrogen (secondary N) is 1. The van der Waals surface area contributed by atoms with E-state index >= 15 is 0 Å². The number of hydrogen-bond donors (Lipinski definition) is 2. The van der Waals surface area contributed by atoms with Crippen LogP contribution in [0.2, 0.25) is 0 Å². The molecule has 1 unspecified atom stereocenters. The Labute approximate surface area is 86.0 Å². The molecule has 1 atom stereocenters. The standard InChI is InChI=1S/C9H12N2O2S/c1-9(2)3-6(9)11-8-10-5(4-14-8)7(12)13/h4,6H,3H2,1-2H3,(H,10,11)(H,12,13). The van der Waals surface area contributed by atoms with Crippen LogP contribution in [0.4, 0.5) is 5.13 Å². The van der Waals surface area contributed by atoms with Crippen molar-refractivity contribution in [2.75, 3.05) is 5.32 Å². The van der Waals surface area contributed by atoms with Gasteiger partial charge >= 0.3 is 5.97 Å². The largest absolute Gasteiger partial charge is 0.476 e. The molecular weight excluding hydrogens is 200 g/mol. The monoisotopic (exact) mass is 212 g/mol. The molecule has 1 aromatic rings. The molecule has 0 aromatic carbocycles. The first-order valence-electron chi connectivity index (χ1n) is 4.44. The van der Waals surface area contributed by atoms with Crippen molar-refractivity contribution in [1.82, 2.24) is 4.98 Å². The Kier molecular flexibility index (Phi) is 1.99. The summed E-state index contributed by atoms with van der Waals surface area (Å²) in [6.45, 7) is 4.35. The van der Waals surface area contributed by atoms with Crippen LogP contribution in [0.3, 0.4) is 0 Å². The zero-order valence-corrected chi connectivity index (χ0v) is 8.89. The quantitative estimate of drug-likeness (QED) is 0.805. The van der Waals surface area contributed by atoms with Gasteiger partial charge in [-0.1, -0.05) is 13.8 Å². The van der Waals surface area contributed by atoms with Gasteiger partial charge in [-0.3, -0.25) is 0 Å². The van der Waals surface area contributed by atoms with E-state index in [1.807, 2.05) is 0 Å². The Morgan fingerprint density at radius 2 is 2.43 bits per heavy atom.